The Morgan fingerprint density at radius 1 is 0.815 bits per heavy atom. The van der Waals surface area contributed by atoms with Gasteiger partial charge in [0.05, 0.1) is 12.6 Å². The van der Waals surface area contributed by atoms with Crippen LogP contribution in [0.1, 0.15) is 33.9 Å². The van der Waals surface area contributed by atoms with Crippen molar-refractivity contribution in [2.45, 2.75) is 26.4 Å². The molecule has 0 aliphatic carbocycles. The van der Waals surface area contributed by atoms with Gasteiger partial charge in [0.1, 0.15) is 0 Å². The highest BCUT2D eigenvalue weighted by Gasteiger charge is 2.15. The first-order valence-electron chi connectivity index (χ1n) is 9.29. The van der Waals surface area contributed by atoms with E-state index in [0.29, 0.717) is 6.54 Å². The molecule has 0 unspecified atom stereocenters. The van der Waals surface area contributed by atoms with E-state index in [4.69, 9.17) is 0 Å². The summed E-state index contributed by atoms with van der Waals surface area (Å²) in [4.78, 5) is 12.4. The van der Waals surface area contributed by atoms with E-state index in [-0.39, 0.29) is 18.5 Å². The van der Waals surface area contributed by atoms with Gasteiger partial charge >= 0.3 is 0 Å². The second kappa shape index (κ2) is 9.15. The molecule has 3 heteroatoms. The van der Waals surface area contributed by atoms with Crippen LogP contribution >= 0.6 is 0 Å². The van der Waals surface area contributed by atoms with Crippen molar-refractivity contribution >= 4 is 5.91 Å². The van der Waals surface area contributed by atoms with Crippen molar-refractivity contribution in [3.05, 3.63) is 107 Å². The zero-order chi connectivity index (χ0) is 19.1. The molecule has 0 aromatic heterocycles. The monoisotopic (exact) mass is 358 g/mol. The normalized spacial score (nSPS) is 11.8. The van der Waals surface area contributed by atoms with E-state index in [9.17, 15) is 4.79 Å². The van der Waals surface area contributed by atoms with Gasteiger partial charge in [-0.3, -0.25) is 10.1 Å². The number of carbonyl (C=O) groups excluding carboxylic acids is 1. The fourth-order valence-corrected chi connectivity index (χ4v) is 3.09. The lowest BCUT2D eigenvalue weighted by atomic mass is 9.98. The average molecular weight is 358 g/mol. The molecule has 0 aliphatic rings. The van der Waals surface area contributed by atoms with Crippen molar-refractivity contribution in [1.29, 1.82) is 0 Å². The maximum Gasteiger partial charge on any atom is 0.234 e. The molecule has 3 aromatic carbocycles. The van der Waals surface area contributed by atoms with Crippen molar-refractivity contribution in [3.8, 4) is 0 Å². The standard InChI is InChI=1S/C24H26N2O/c1-18-12-14-21(15-13-18)24(20-9-4-3-5-10-20)26-17-23(27)25-16-22-11-7-6-8-19(22)2/h3-15,24,26H,16-17H2,1-2H3,(H,25,27)/t24-/m0/s1. The van der Waals surface area contributed by atoms with Gasteiger partial charge < -0.3 is 5.32 Å². The second-order valence-corrected chi connectivity index (χ2v) is 6.84. The van der Waals surface area contributed by atoms with E-state index >= 15 is 0 Å². The number of rotatable bonds is 7. The molecule has 0 fully saturated rings. The van der Waals surface area contributed by atoms with Crippen molar-refractivity contribution in [3.63, 3.8) is 0 Å². The molecule has 1 amide bonds. The summed E-state index contributed by atoms with van der Waals surface area (Å²) in [6.07, 6.45) is 0. The summed E-state index contributed by atoms with van der Waals surface area (Å²) in [6, 6.07) is 26.8. The zero-order valence-corrected chi connectivity index (χ0v) is 15.9. The van der Waals surface area contributed by atoms with Crippen molar-refractivity contribution < 1.29 is 4.79 Å². The summed E-state index contributed by atoms with van der Waals surface area (Å²) in [5.74, 6) is -0.00806. The van der Waals surface area contributed by atoms with E-state index in [1.807, 2.05) is 36.4 Å². The molecule has 0 spiro atoms. The van der Waals surface area contributed by atoms with Crippen molar-refractivity contribution in [2.75, 3.05) is 6.54 Å². The molecule has 2 N–H and O–H groups in total. The Morgan fingerprint density at radius 3 is 2.15 bits per heavy atom. The number of aryl methyl sites for hydroxylation is 2. The fraction of sp³-hybridized carbons (Fsp3) is 0.208. The van der Waals surface area contributed by atoms with Gasteiger partial charge in [0.25, 0.3) is 0 Å². The van der Waals surface area contributed by atoms with E-state index in [2.05, 4.69) is 66.9 Å². The number of nitrogens with one attached hydrogen (secondary N) is 2. The first-order chi connectivity index (χ1) is 13.1. The third kappa shape index (κ3) is 5.28. The number of hydrogen-bond acceptors (Lipinski definition) is 2. The Bertz CT molecular complexity index is 872. The van der Waals surface area contributed by atoms with Crippen LogP contribution < -0.4 is 10.6 Å². The van der Waals surface area contributed by atoms with Gasteiger partial charge in [-0.1, -0.05) is 84.4 Å². The maximum atomic E-state index is 12.4. The summed E-state index contributed by atoms with van der Waals surface area (Å²) in [5, 5.41) is 6.42. The maximum absolute atomic E-state index is 12.4. The minimum absolute atomic E-state index is 0.00806. The van der Waals surface area contributed by atoms with Crippen LogP contribution in [0.3, 0.4) is 0 Å². The number of benzene rings is 3. The predicted molar refractivity (Wildman–Crippen MR) is 110 cm³/mol. The Labute approximate surface area is 161 Å². The largest absolute Gasteiger partial charge is 0.351 e. The molecule has 138 valence electrons. The molecule has 0 bridgehead atoms. The van der Waals surface area contributed by atoms with Crippen molar-refractivity contribution in [1.82, 2.24) is 10.6 Å². The van der Waals surface area contributed by atoms with Gasteiger partial charge in [-0.05, 0) is 36.1 Å². The molecule has 0 saturated heterocycles. The Balaban J connectivity index is 1.65. The molecule has 0 heterocycles. The molecular formula is C24H26N2O. The predicted octanol–water partition coefficient (Wildman–Crippen LogP) is 4.30. The average Bonchev–Trinajstić information content (AvgIpc) is 2.69. The first kappa shape index (κ1) is 18.9. The van der Waals surface area contributed by atoms with Gasteiger partial charge in [-0.25, -0.2) is 0 Å². The summed E-state index contributed by atoms with van der Waals surface area (Å²) >= 11 is 0. The molecule has 3 rings (SSSR count). The number of hydrogen-bond donors (Lipinski definition) is 2. The van der Waals surface area contributed by atoms with Crippen LogP contribution in [-0.4, -0.2) is 12.5 Å². The topological polar surface area (TPSA) is 41.1 Å². The number of carbonyl (C=O) groups is 1. The Morgan fingerprint density at radius 2 is 1.44 bits per heavy atom. The van der Waals surface area contributed by atoms with E-state index in [0.717, 1.165) is 16.7 Å². The lowest BCUT2D eigenvalue weighted by Crippen LogP contribution is -2.36. The van der Waals surface area contributed by atoms with Gasteiger partial charge in [-0.15, -0.1) is 0 Å². The van der Waals surface area contributed by atoms with Crippen molar-refractivity contribution in [2.24, 2.45) is 0 Å². The first-order valence-corrected chi connectivity index (χ1v) is 9.29. The van der Waals surface area contributed by atoms with Crippen LogP contribution in [0.4, 0.5) is 0 Å². The van der Waals surface area contributed by atoms with E-state index < -0.39 is 0 Å². The number of amides is 1. The summed E-state index contributed by atoms with van der Waals surface area (Å²) < 4.78 is 0. The quantitative estimate of drug-likeness (QED) is 0.661. The van der Waals surface area contributed by atoms with Crippen LogP contribution in [0.25, 0.3) is 0 Å². The minimum atomic E-state index is -0.0176. The molecule has 27 heavy (non-hydrogen) atoms. The highest BCUT2D eigenvalue weighted by Crippen LogP contribution is 2.22. The summed E-state index contributed by atoms with van der Waals surface area (Å²) in [7, 11) is 0. The lowest BCUT2D eigenvalue weighted by molar-refractivity contribution is -0.120. The molecule has 3 aromatic rings. The molecule has 1 atom stereocenters. The fourth-order valence-electron chi connectivity index (χ4n) is 3.09. The van der Waals surface area contributed by atoms with E-state index in [1.165, 1.54) is 11.1 Å². The van der Waals surface area contributed by atoms with Gasteiger partial charge in [-0.2, -0.15) is 0 Å². The molecule has 0 aliphatic heterocycles. The lowest BCUT2D eigenvalue weighted by Gasteiger charge is -2.20. The third-order valence-electron chi connectivity index (χ3n) is 4.75. The smallest absolute Gasteiger partial charge is 0.234 e. The second-order valence-electron chi connectivity index (χ2n) is 6.84. The molecule has 3 nitrogen and oxygen atoms in total. The molecule has 0 saturated carbocycles. The third-order valence-corrected chi connectivity index (χ3v) is 4.75. The van der Waals surface area contributed by atoms with E-state index in [1.54, 1.807) is 0 Å². The SMILES string of the molecule is Cc1ccc([C@@H](NCC(=O)NCc2ccccc2C)c2ccccc2)cc1. The van der Waals surface area contributed by atoms with Crippen LogP contribution in [0, 0.1) is 13.8 Å². The molecule has 0 radical (unpaired) electrons. The Hall–Kier alpha value is -2.91. The Kier molecular flexibility index (Phi) is 6.39. The zero-order valence-electron chi connectivity index (χ0n) is 15.9. The highest BCUT2D eigenvalue weighted by atomic mass is 16.1. The minimum Gasteiger partial charge on any atom is -0.351 e. The van der Waals surface area contributed by atoms with Crippen LogP contribution in [0.2, 0.25) is 0 Å². The van der Waals surface area contributed by atoms with Crippen LogP contribution in [0.15, 0.2) is 78.9 Å². The molecular weight excluding hydrogens is 332 g/mol. The summed E-state index contributed by atoms with van der Waals surface area (Å²) in [6.45, 7) is 4.95. The van der Waals surface area contributed by atoms with Crippen LogP contribution in [0.5, 0.6) is 0 Å². The van der Waals surface area contributed by atoms with Gasteiger partial charge in [0.2, 0.25) is 5.91 Å². The summed E-state index contributed by atoms with van der Waals surface area (Å²) in [5.41, 5.74) is 5.85. The highest BCUT2D eigenvalue weighted by molar-refractivity contribution is 5.78. The van der Waals surface area contributed by atoms with Crippen LogP contribution in [-0.2, 0) is 11.3 Å². The van der Waals surface area contributed by atoms with Gasteiger partial charge in [0, 0.05) is 6.54 Å². The van der Waals surface area contributed by atoms with Gasteiger partial charge in [0.15, 0.2) is 0 Å².